The average Bonchev–Trinajstić information content (AvgIpc) is 2.13. The predicted octanol–water partition coefficient (Wildman–Crippen LogP) is 3.79. The van der Waals surface area contributed by atoms with Crippen LogP contribution in [-0.4, -0.2) is 24.0 Å². The minimum atomic E-state index is 0.713. The Bertz CT molecular complexity index is 47.0. The van der Waals surface area contributed by atoms with Gasteiger partial charge in [0.1, 0.15) is 0 Å². The Kier molecular flexibility index (Phi) is 25.6. The topological polar surface area (TPSA) is 3.24 Å². The van der Waals surface area contributed by atoms with Gasteiger partial charge in [-0.25, -0.2) is 0 Å². The minimum Gasteiger partial charge on any atom is -0.301 e. The molecule has 0 unspecified atom stereocenters. The molecule has 0 radical (unpaired) electrons. The van der Waals surface area contributed by atoms with Crippen molar-refractivity contribution in [1.29, 1.82) is 0 Å². The molecule has 0 aliphatic heterocycles. The molecule has 0 bridgehead atoms. The average molecular weight is 175 g/mol. The van der Waals surface area contributed by atoms with Crippen molar-refractivity contribution in [2.75, 3.05) is 13.1 Å². The molecule has 0 spiro atoms. The third-order valence-corrected chi connectivity index (χ3v) is 1.54. The van der Waals surface area contributed by atoms with Gasteiger partial charge in [0.25, 0.3) is 0 Å². The van der Waals surface area contributed by atoms with E-state index >= 15 is 0 Å². The molecule has 0 heterocycles. The summed E-state index contributed by atoms with van der Waals surface area (Å²) in [6, 6.07) is 0.713. The first-order valence-electron chi connectivity index (χ1n) is 5.46. The summed E-state index contributed by atoms with van der Waals surface area (Å²) in [5.74, 6) is 0. The van der Waals surface area contributed by atoms with Crippen molar-refractivity contribution in [2.24, 2.45) is 0 Å². The van der Waals surface area contributed by atoms with Gasteiger partial charge in [-0.2, -0.15) is 0 Å². The molecular weight excluding hydrogens is 146 g/mol. The van der Waals surface area contributed by atoms with Crippen molar-refractivity contribution in [3.8, 4) is 0 Å². The molecule has 0 N–H and O–H groups in total. The van der Waals surface area contributed by atoms with Gasteiger partial charge < -0.3 is 4.90 Å². The number of hydrogen-bond donors (Lipinski definition) is 0. The van der Waals surface area contributed by atoms with Crippen molar-refractivity contribution in [2.45, 2.75) is 61.4 Å². The third kappa shape index (κ3) is 12.6. The van der Waals surface area contributed by atoms with E-state index in [2.05, 4.69) is 32.6 Å². The smallest absolute Gasteiger partial charge is 0.00383 e. The zero-order valence-corrected chi connectivity index (χ0v) is 10.4. The summed E-state index contributed by atoms with van der Waals surface area (Å²) in [6.45, 7) is 19.2. The fourth-order valence-electron chi connectivity index (χ4n) is 0.954. The Labute approximate surface area is 80.2 Å². The monoisotopic (exact) mass is 175 g/mol. The maximum Gasteiger partial charge on any atom is 0.00383 e. The molecule has 0 fully saturated rings. The Balaban J connectivity index is -0.000000175. The molecule has 1 heteroatoms. The van der Waals surface area contributed by atoms with Crippen molar-refractivity contribution in [3.05, 3.63) is 0 Å². The molecule has 0 amide bonds. The van der Waals surface area contributed by atoms with Gasteiger partial charge in [-0.1, -0.05) is 41.5 Å². The van der Waals surface area contributed by atoms with Crippen LogP contribution in [0.4, 0.5) is 0 Å². The highest BCUT2D eigenvalue weighted by Gasteiger charge is 2.00. The van der Waals surface area contributed by atoms with Gasteiger partial charge in [0.15, 0.2) is 0 Å². The highest BCUT2D eigenvalue weighted by atomic mass is 15.1. The van der Waals surface area contributed by atoms with E-state index in [4.69, 9.17) is 0 Å². The van der Waals surface area contributed by atoms with Crippen LogP contribution < -0.4 is 0 Å². The first-order chi connectivity index (χ1) is 5.72. The van der Waals surface area contributed by atoms with Crippen molar-refractivity contribution < 1.29 is 0 Å². The number of hydrogen-bond acceptors (Lipinski definition) is 1. The van der Waals surface area contributed by atoms with Crippen LogP contribution in [0.3, 0.4) is 0 Å². The van der Waals surface area contributed by atoms with Gasteiger partial charge in [0.2, 0.25) is 0 Å². The molecule has 0 aromatic carbocycles. The Morgan fingerprint density at radius 1 is 0.833 bits per heavy atom. The van der Waals surface area contributed by atoms with Crippen LogP contribution in [0.2, 0.25) is 0 Å². The largest absolute Gasteiger partial charge is 0.301 e. The summed E-state index contributed by atoms with van der Waals surface area (Å²) in [7, 11) is 0. The molecular formula is C11H29N. The molecule has 0 aliphatic carbocycles. The Morgan fingerprint density at radius 3 is 1.08 bits per heavy atom. The predicted molar refractivity (Wildman–Crippen MR) is 60.8 cm³/mol. The van der Waals surface area contributed by atoms with E-state index < -0.39 is 0 Å². The summed E-state index contributed by atoms with van der Waals surface area (Å²) in [6.07, 6.45) is 0. The summed E-state index contributed by atoms with van der Waals surface area (Å²) >= 11 is 0. The second-order valence-electron chi connectivity index (χ2n) is 2.31. The fraction of sp³-hybridized carbons (Fsp3) is 1.00. The summed E-state index contributed by atoms with van der Waals surface area (Å²) < 4.78 is 0. The second-order valence-corrected chi connectivity index (χ2v) is 2.31. The molecule has 0 aromatic heterocycles. The second kappa shape index (κ2) is 17.2. The van der Waals surface area contributed by atoms with Gasteiger partial charge >= 0.3 is 0 Å². The molecule has 0 rings (SSSR count). The summed E-state index contributed by atoms with van der Waals surface area (Å²) in [5.41, 5.74) is 0. The molecule has 0 saturated heterocycles. The minimum absolute atomic E-state index is 0.713. The maximum absolute atomic E-state index is 2.42. The van der Waals surface area contributed by atoms with Crippen molar-refractivity contribution >= 4 is 0 Å². The lowest BCUT2D eigenvalue weighted by Crippen LogP contribution is -2.29. The summed E-state index contributed by atoms with van der Waals surface area (Å²) in [4.78, 5) is 2.42. The fourth-order valence-corrected chi connectivity index (χ4v) is 0.954. The van der Waals surface area contributed by atoms with Gasteiger partial charge in [0, 0.05) is 6.04 Å². The number of rotatable bonds is 3. The van der Waals surface area contributed by atoms with Crippen LogP contribution in [0.25, 0.3) is 0 Å². The molecule has 0 aliphatic rings. The zero-order valence-electron chi connectivity index (χ0n) is 10.4. The quantitative estimate of drug-likeness (QED) is 0.631. The Hall–Kier alpha value is -0.0400. The molecule has 1 nitrogen and oxygen atoms in total. The third-order valence-electron chi connectivity index (χ3n) is 1.54. The highest BCUT2D eigenvalue weighted by Crippen LogP contribution is 1.94. The van der Waals surface area contributed by atoms with Crippen LogP contribution in [0.15, 0.2) is 0 Å². The maximum atomic E-state index is 2.42. The molecule has 12 heavy (non-hydrogen) atoms. The van der Waals surface area contributed by atoms with E-state index in [1.165, 1.54) is 13.1 Å². The van der Waals surface area contributed by atoms with E-state index in [1.807, 2.05) is 27.7 Å². The standard InChI is InChI=1S/C7H17N.2C2H6/c1-5-8(6-2)7(3)4;2*1-2/h7H,5-6H2,1-4H3;2*1-2H3. The van der Waals surface area contributed by atoms with Crippen molar-refractivity contribution in [1.82, 2.24) is 4.90 Å². The number of nitrogens with zero attached hydrogens (tertiary/aromatic N) is 1. The molecule has 0 aromatic rings. The van der Waals surface area contributed by atoms with E-state index in [0.717, 1.165) is 0 Å². The first-order valence-corrected chi connectivity index (χ1v) is 5.46. The molecule has 0 atom stereocenters. The molecule has 0 saturated carbocycles. The van der Waals surface area contributed by atoms with Gasteiger partial charge in [-0.3, -0.25) is 0 Å². The normalized spacial score (nSPS) is 8.50. The SMILES string of the molecule is CC.CC.CCN(CC)C(C)C. The van der Waals surface area contributed by atoms with E-state index in [9.17, 15) is 0 Å². The van der Waals surface area contributed by atoms with Crippen molar-refractivity contribution in [3.63, 3.8) is 0 Å². The van der Waals surface area contributed by atoms with Crippen LogP contribution in [0.5, 0.6) is 0 Å². The van der Waals surface area contributed by atoms with Crippen LogP contribution in [0, 0.1) is 0 Å². The lowest BCUT2D eigenvalue weighted by atomic mass is 10.3. The lowest BCUT2D eigenvalue weighted by Gasteiger charge is -2.21. The highest BCUT2D eigenvalue weighted by molar-refractivity contribution is 4.56. The van der Waals surface area contributed by atoms with Gasteiger partial charge in [-0.05, 0) is 26.9 Å². The van der Waals surface area contributed by atoms with Gasteiger partial charge in [-0.15, -0.1) is 0 Å². The zero-order chi connectivity index (χ0) is 10.6. The van der Waals surface area contributed by atoms with Crippen LogP contribution >= 0.6 is 0 Å². The van der Waals surface area contributed by atoms with E-state index in [1.54, 1.807) is 0 Å². The first kappa shape index (κ1) is 17.9. The molecule has 78 valence electrons. The van der Waals surface area contributed by atoms with E-state index in [-0.39, 0.29) is 0 Å². The van der Waals surface area contributed by atoms with E-state index in [0.29, 0.717) is 6.04 Å². The Morgan fingerprint density at radius 2 is 1.08 bits per heavy atom. The summed E-state index contributed by atoms with van der Waals surface area (Å²) in [5, 5.41) is 0. The van der Waals surface area contributed by atoms with Gasteiger partial charge in [0.05, 0.1) is 0 Å². The van der Waals surface area contributed by atoms with Crippen LogP contribution in [0.1, 0.15) is 55.4 Å². The van der Waals surface area contributed by atoms with Crippen LogP contribution in [-0.2, 0) is 0 Å². The lowest BCUT2D eigenvalue weighted by molar-refractivity contribution is 0.246.